The largest absolute Gasteiger partial charge is 0.339 e. The first-order valence-electron chi connectivity index (χ1n) is 9.88. The van der Waals surface area contributed by atoms with Crippen LogP contribution in [-0.2, 0) is 9.59 Å². The summed E-state index contributed by atoms with van der Waals surface area (Å²) in [6.45, 7) is 7.54. The number of hydrogen-bond donors (Lipinski definition) is 0. The average molecular weight is 371 g/mol. The number of rotatable bonds is 4. The van der Waals surface area contributed by atoms with E-state index in [0.29, 0.717) is 44.3 Å². The second-order valence-electron chi connectivity index (χ2n) is 7.70. The van der Waals surface area contributed by atoms with E-state index in [1.165, 1.54) is 6.42 Å². The van der Waals surface area contributed by atoms with Crippen LogP contribution < -0.4 is 0 Å². The summed E-state index contributed by atoms with van der Waals surface area (Å²) < 4.78 is 0. The molecule has 2 aliphatic rings. The predicted molar refractivity (Wildman–Crippen MR) is 104 cm³/mol. The fourth-order valence-electron chi connectivity index (χ4n) is 3.83. The molecule has 2 aliphatic heterocycles. The number of Topliss-reactive ketones (excluding diaryl/α,β-unsaturated/α-hetero) is 1. The first kappa shape index (κ1) is 19.5. The molecule has 1 aromatic rings. The van der Waals surface area contributed by atoms with Gasteiger partial charge in [0.2, 0.25) is 11.7 Å². The summed E-state index contributed by atoms with van der Waals surface area (Å²) in [5, 5.41) is 0. The van der Waals surface area contributed by atoms with Crippen molar-refractivity contribution in [3.8, 4) is 0 Å². The van der Waals surface area contributed by atoms with E-state index >= 15 is 0 Å². The second-order valence-corrected chi connectivity index (χ2v) is 7.70. The third kappa shape index (κ3) is 4.75. The highest BCUT2D eigenvalue weighted by Gasteiger charge is 2.29. The fraction of sp³-hybridized carbons (Fsp3) is 0.571. The van der Waals surface area contributed by atoms with Crippen LogP contribution in [0.1, 0.15) is 42.1 Å². The summed E-state index contributed by atoms with van der Waals surface area (Å²) in [5.74, 6) is -0.728. The SMILES string of the molecule is Cc1ccc(C(=O)C(=O)N2CCN(CC(=O)N3CCCCC3C)CC2)cc1. The Kier molecular flexibility index (Phi) is 6.26. The van der Waals surface area contributed by atoms with Crippen molar-refractivity contribution >= 4 is 17.6 Å². The van der Waals surface area contributed by atoms with Gasteiger partial charge >= 0.3 is 0 Å². The average Bonchev–Trinajstić information content (AvgIpc) is 2.68. The maximum absolute atomic E-state index is 12.6. The van der Waals surface area contributed by atoms with Crippen LogP contribution in [0, 0.1) is 6.92 Å². The summed E-state index contributed by atoms with van der Waals surface area (Å²) >= 11 is 0. The molecule has 1 unspecified atom stereocenters. The van der Waals surface area contributed by atoms with Gasteiger partial charge in [-0.3, -0.25) is 19.3 Å². The number of benzene rings is 1. The van der Waals surface area contributed by atoms with E-state index in [1.54, 1.807) is 17.0 Å². The zero-order chi connectivity index (χ0) is 19.4. The number of hydrogen-bond acceptors (Lipinski definition) is 4. The van der Waals surface area contributed by atoms with Crippen molar-refractivity contribution in [3.05, 3.63) is 35.4 Å². The van der Waals surface area contributed by atoms with E-state index in [0.717, 1.165) is 24.9 Å². The van der Waals surface area contributed by atoms with E-state index in [2.05, 4.69) is 11.8 Å². The van der Waals surface area contributed by atoms with Crippen molar-refractivity contribution in [2.24, 2.45) is 0 Å². The molecule has 3 rings (SSSR count). The van der Waals surface area contributed by atoms with E-state index in [4.69, 9.17) is 0 Å². The molecule has 146 valence electrons. The molecule has 1 aromatic carbocycles. The van der Waals surface area contributed by atoms with Crippen molar-refractivity contribution in [2.45, 2.75) is 39.2 Å². The van der Waals surface area contributed by atoms with Gasteiger partial charge in [0.25, 0.3) is 5.91 Å². The van der Waals surface area contributed by atoms with Gasteiger partial charge in [-0.25, -0.2) is 0 Å². The zero-order valence-electron chi connectivity index (χ0n) is 16.3. The van der Waals surface area contributed by atoms with Gasteiger partial charge in [0.05, 0.1) is 6.54 Å². The maximum atomic E-state index is 12.6. The first-order chi connectivity index (χ1) is 13.0. The van der Waals surface area contributed by atoms with Gasteiger partial charge in [-0.05, 0) is 33.1 Å². The molecular weight excluding hydrogens is 342 g/mol. The highest BCUT2D eigenvalue weighted by Crippen LogP contribution is 2.17. The Balaban J connectivity index is 1.49. The third-order valence-corrected chi connectivity index (χ3v) is 5.65. The summed E-state index contributed by atoms with van der Waals surface area (Å²) in [6.07, 6.45) is 3.36. The maximum Gasteiger partial charge on any atom is 0.295 e. The predicted octanol–water partition coefficient (Wildman–Crippen LogP) is 1.72. The van der Waals surface area contributed by atoms with E-state index < -0.39 is 11.7 Å². The van der Waals surface area contributed by atoms with Crippen molar-refractivity contribution < 1.29 is 14.4 Å². The standard InChI is InChI=1S/C21H29N3O3/c1-16-6-8-18(9-7-16)20(26)21(27)23-13-11-22(12-14-23)15-19(25)24-10-4-3-5-17(24)2/h6-9,17H,3-5,10-15H2,1-2H3. The van der Waals surface area contributed by atoms with Crippen LogP contribution >= 0.6 is 0 Å². The van der Waals surface area contributed by atoms with Gasteiger partial charge in [0, 0.05) is 44.3 Å². The topological polar surface area (TPSA) is 60.9 Å². The number of aryl methyl sites for hydroxylation is 1. The molecule has 6 heteroatoms. The van der Waals surface area contributed by atoms with Crippen LogP contribution in [0.2, 0.25) is 0 Å². The number of carbonyl (C=O) groups is 3. The molecule has 0 bridgehead atoms. The quantitative estimate of drug-likeness (QED) is 0.597. The summed E-state index contributed by atoms with van der Waals surface area (Å²) in [4.78, 5) is 43.1. The minimum absolute atomic E-state index is 0.178. The number of piperidine rings is 1. The molecule has 2 fully saturated rings. The van der Waals surface area contributed by atoms with E-state index in [9.17, 15) is 14.4 Å². The normalized spacial score (nSPS) is 21.2. The Hall–Kier alpha value is -2.21. The smallest absolute Gasteiger partial charge is 0.295 e. The lowest BCUT2D eigenvalue weighted by Crippen LogP contribution is -2.54. The van der Waals surface area contributed by atoms with Crippen LogP contribution in [0.15, 0.2) is 24.3 Å². The van der Waals surface area contributed by atoms with Gasteiger partial charge in [0.1, 0.15) is 0 Å². The van der Waals surface area contributed by atoms with Crippen LogP contribution in [-0.4, -0.2) is 77.6 Å². The number of nitrogens with zero attached hydrogens (tertiary/aromatic N) is 3. The Bertz CT molecular complexity index is 693. The highest BCUT2D eigenvalue weighted by atomic mass is 16.2. The Morgan fingerprint density at radius 1 is 0.963 bits per heavy atom. The van der Waals surface area contributed by atoms with Crippen molar-refractivity contribution in [1.29, 1.82) is 0 Å². The molecule has 0 spiro atoms. The minimum Gasteiger partial charge on any atom is -0.339 e. The van der Waals surface area contributed by atoms with E-state index in [1.807, 2.05) is 24.0 Å². The Morgan fingerprint density at radius 2 is 1.63 bits per heavy atom. The molecule has 0 N–H and O–H groups in total. The van der Waals surface area contributed by atoms with Crippen LogP contribution in [0.5, 0.6) is 0 Å². The lowest BCUT2D eigenvalue weighted by molar-refractivity contribution is -0.136. The lowest BCUT2D eigenvalue weighted by Gasteiger charge is -2.37. The molecule has 2 heterocycles. The highest BCUT2D eigenvalue weighted by molar-refractivity contribution is 6.42. The summed E-state index contributed by atoms with van der Waals surface area (Å²) in [5.41, 5.74) is 1.49. The molecule has 6 nitrogen and oxygen atoms in total. The lowest BCUT2D eigenvalue weighted by atomic mass is 10.0. The summed E-state index contributed by atoms with van der Waals surface area (Å²) in [7, 11) is 0. The molecule has 0 aliphatic carbocycles. The third-order valence-electron chi connectivity index (χ3n) is 5.65. The molecule has 0 saturated carbocycles. The number of carbonyl (C=O) groups excluding carboxylic acids is 3. The Morgan fingerprint density at radius 3 is 2.26 bits per heavy atom. The van der Waals surface area contributed by atoms with Crippen molar-refractivity contribution in [1.82, 2.24) is 14.7 Å². The van der Waals surface area contributed by atoms with Crippen molar-refractivity contribution in [2.75, 3.05) is 39.3 Å². The molecule has 0 radical (unpaired) electrons. The summed E-state index contributed by atoms with van der Waals surface area (Å²) in [6, 6.07) is 7.40. The van der Waals surface area contributed by atoms with Gasteiger partial charge in [-0.15, -0.1) is 0 Å². The number of amides is 2. The fourth-order valence-corrected chi connectivity index (χ4v) is 3.83. The van der Waals surface area contributed by atoms with E-state index in [-0.39, 0.29) is 5.91 Å². The van der Waals surface area contributed by atoms with Crippen LogP contribution in [0.4, 0.5) is 0 Å². The van der Waals surface area contributed by atoms with Gasteiger partial charge in [-0.2, -0.15) is 0 Å². The molecule has 0 aromatic heterocycles. The van der Waals surface area contributed by atoms with Gasteiger partial charge in [0.15, 0.2) is 0 Å². The molecule has 2 amide bonds. The second kappa shape index (κ2) is 8.65. The van der Waals surface area contributed by atoms with Crippen LogP contribution in [0.3, 0.4) is 0 Å². The first-order valence-corrected chi connectivity index (χ1v) is 9.88. The zero-order valence-corrected chi connectivity index (χ0v) is 16.3. The van der Waals surface area contributed by atoms with Gasteiger partial charge < -0.3 is 9.80 Å². The number of ketones is 1. The minimum atomic E-state index is -0.457. The molecule has 27 heavy (non-hydrogen) atoms. The van der Waals surface area contributed by atoms with Crippen molar-refractivity contribution in [3.63, 3.8) is 0 Å². The number of likely N-dealkylation sites (tertiary alicyclic amines) is 1. The molecule has 1 atom stereocenters. The molecular formula is C21H29N3O3. The number of piperazine rings is 1. The van der Waals surface area contributed by atoms with Crippen LogP contribution in [0.25, 0.3) is 0 Å². The van der Waals surface area contributed by atoms with Gasteiger partial charge in [-0.1, -0.05) is 29.8 Å². The Labute approximate surface area is 161 Å². The monoisotopic (exact) mass is 371 g/mol. The molecule has 2 saturated heterocycles.